The fourth-order valence-corrected chi connectivity index (χ4v) is 1.95. The van der Waals surface area contributed by atoms with Gasteiger partial charge in [0.1, 0.15) is 5.82 Å². The van der Waals surface area contributed by atoms with Gasteiger partial charge in [0.25, 0.3) is 0 Å². The van der Waals surface area contributed by atoms with E-state index in [0.29, 0.717) is 18.2 Å². The number of nitrogens with one attached hydrogen (secondary N) is 2. The van der Waals surface area contributed by atoms with Crippen LogP contribution in [0.2, 0.25) is 10.0 Å². The Morgan fingerprint density at radius 2 is 1.65 bits per heavy atom. The number of rotatable bonds is 2. The molecule has 0 aliphatic carbocycles. The van der Waals surface area contributed by atoms with Gasteiger partial charge in [0.2, 0.25) is 0 Å². The monoisotopic (exact) mass is 366 g/mol. The Bertz CT molecular complexity index is 750. The van der Waals surface area contributed by atoms with Gasteiger partial charge in [-0.05, 0) is 36.4 Å². The van der Waals surface area contributed by atoms with E-state index < -0.39 is 29.3 Å². The number of halogens is 6. The Morgan fingerprint density at radius 1 is 0.957 bits per heavy atom. The molecule has 2 N–H and O–H groups in total. The zero-order chi connectivity index (χ0) is 17.2. The fourth-order valence-electron chi connectivity index (χ4n) is 1.66. The molecule has 0 saturated carbocycles. The second-order valence-electron chi connectivity index (χ2n) is 4.40. The maximum absolute atomic E-state index is 13.5. The van der Waals surface area contributed by atoms with Gasteiger partial charge in [-0.2, -0.15) is 13.2 Å². The number of benzene rings is 2. The van der Waals surface area contributed by atoms with Crippen molar-refractivity contribution >= 4 is 40.6 Å². The normalized spacial score (nSPS) is 11.2. The van der Waals surface area contributed by atoms with Gasteiger partial charge >= 0.3 is 12.2 Å². The molecule has 2 aromatic rings. The van der Waals surface area contributed by atoms with Crippen molar-refractivity contribution in [3.05, 3.63) is 57.8 Å². The largest absolute Gasteiger partial charge is 0.416 e. The molecule has 0 atom stereocenters. The van der Waals surface area contributed by atoms with E-state index in [1.807, 2.05) is 5.32 Å². The first kappa shape index (κ1) is 17.4. The molecule has 0 saturated heterocycles. The predicted molar refractivity (Wildman–Crippen MR) is 80.5 cm³/mol. The summed E-state index contributed by atoms with van der Waals surface area (Å²) in [5.74, 6) is -0.998. The SMILES string of the molecule is O=C(Nc1ccc(Cl)c(Cl)c1)Nc1cc(C(F)(F)F)ccc1F. The topological polar surface area (TPSA) is 41.1 Å². The summed E-state index contributed by atoms with van der Waals surface area (Å²) in [7, 11) is 0. The number of amides is 2. The number of carbonyl (C=O) groups is 1. The van der Waals surface area contributed by atoms with E-state index in [2.05, 4.69) is 5.32 Å². The maximum atomic E-state index is 13.5. The predicted octanol–water partition coefficient (Wildman–Crippen LogP) is 5.80. The Kier molecular flexibility index (Phi) is 5.01. The van der Waals surface area contributed by atoms with E-state index in [4.69, 9.17) is 23.2 Å². The van der Waals surface area contributed by atoms with E-state index in [1.54, 1.807) is 0 Å². The number of carbonyl (C=O) groups excluding carboxylic acids is 1. The number of alkyl halides is 3. The minimum atomic E-state index is -4.65. The Morgan fingerprint density at radius 3 is 2.26 bits per heavy atom. The highest BCUT2D eigenvalue weighted by atomic mass is 35.5. The van der Waals surface area contributed by atoms with Crippen molar-refractivity contribution in [2.75, 3.05) is 10.6 Å². The molecule has 23 heavy (non-hydrogen) atoms. The van der Waals surface area contributed by atoms with Gasteiger partial charge in [-0.15, -0.1) is 0 Å². The average molecular weight is 367 g/mol. The zero-order valence-electron chi connectivity index (χ0n) is 11.1. The molecule has 2 aromatic carbocycles. The summed E-state index contributed by atoms with van der Waals surface area (Å²) in [4.78, 5) is 11.7. The molecule has 0 aromatic heterocycles. The van der Waals surface area contributed by atoms with Crippen LogP contribution in [-0.2, 0) is 6.18 Å². The molecule has 9 heteroatoms. The summed E-state index contributed by atoms with van der Waals surface area (Å²) in [6.07, 6.45) is -4.65. The summed E-state index contributed by atoms with van der Waals surface area (Å²) in [5.41, 5.74) is -1.44. The first-order valence-corrected chi connectivity index (χ1v) is 6.82. The van der Waals surface area contributed by atoms with Crippen LogP contribution in [0.4, 0.5) is 33.7 Å². The van der Waals surface area contributed by atoms with E-state index in [-0.39, 0.29) is 15.7 Å². The fraction of sp³-hybridized carbons (Fsp3) is 0.0714. The quantitative estimate of drug-likeness (QED) is 0.648. The van der Waals surface area contributed by atoms with Crippen molar-refractivity contribution in [2.24, 2.45) is 0 Å². The van der Waals surface area contributed by atoms with Crippen LogP contribution in [0.15, 0.2) is 36.4 Å². The molecule has 122 valence electrons. The highest BCUT2D eigenvalue weighted by molar-refractivity contribution is 6.42. The second kappa shape index (κ2) is 6.64. The van der Waals surface area contributed by atoms with Crippen molar-refractivity contribution < 1.29 is 22.4 Å². The Labute approximate surface area is 138 Å². The average Bonchev–Trinajstić information content (AvgIpc) is 2.44. The smallest absolute Gasteiger partial charge is 0.308 e. The third-order valence-corrected chi connectivity index (χ3v) is 3.46. The van der Waals surface area contributed by atoms with E-state index >= 15 is 0 Å². The molecule has 0 radical (unpaired) electrons. The van der Waals surface area contributed by atoms with Gasteiger partial charge in [0.05, 0.1) is 21.3 Å². The van der Waals surface area contributed by atoms with Gasteiger partial charge < -0.3 is 10.6 Å². The molecule has 0 fully saturated rings. The minimum absolute atomic E-state index is 0.176. The van der Waals surface area contributed by atoms with Crippen LogP contribution in [0.3, 0.4) is 0 Å². The Hall–Kier alpha value is -1.99. The van der Waals surface area contributed by atoms with Crippen molar-refractivity contribution in [1.29, 1.82) is 0 Å². The lowest BCUT2D eigenvalue weighted by molar-refractivity contribution is -0.137. The number of hydrogen-bond donors (Lipinski definition) is 2. The first-order chi connectivity index (χ1) is 10.7. The van der Waals surface area contributed by atoms with Gasteiger partial charge in [-0.25, -0.2) is 9.18 Å². The lowest BCUT2D eigenvalue weighted by Gasteiger charge is -2.12. The zero-order valence-corrected chi connectivity index (χ0v) is 12.7. The van der Waals surface area contributed by atoms with Crippen molar-refractivity contribution in [3.63, 3.8) is 0 Å². The molecular weight excluding hydrogens is 359 g/mol. The standard InChI is InChI=1S/C14H8Cl2F4N2O/c15-9-3-2-8(6-10(9)16)21-13(23)22-12-5-7(14(18,19)20)1-4-11(12)17/h1-6H,(H2,21,22,23). The molecule has 3 nitrogen and oxygen atoms in total. The van der Waals surface area contributed by atoms with Crippen LogP contribution in [0, 0.1) is 5.82 Å². The number of hydrogen-bond acceptors (Lipinski definition) is 1. The van der Waals surface area contributed by atoms with Crippen LogP contribution in [0.1, 0.15) is 5.56 Å². The molecular formula is C14H8Cl2F4N2O. The molecule has 2 amide bonds. The molecule has 2 rings (SSSR count). The molecule has 0 aliphatic rings. The lowest BCUT2D eigenvalue weighted by atomic mass is 10.2. The second-order valence-corrected chi connectivity index (χ2v) is 5.21. The van der Waals surface area contributed by atoms with Crippen LogP contribution >= 0.6 is 23.2 Å². The van der Waals surface area contributed by atoms with Crippen LogP contribution in [-0.4, -0.2) is 6.03 Å². The third-order valence-electron chi connectivity index (χ3n) is 2.72. The highest BCUT2D eigenvalue weighted by Crippen LogP contribution is 2.32. The van der Waals surface area contributed by atoms with Gasteiger partial charge in [-0.3, -0.25) is 0 Å². The summed E-state index contributed by atoms with van der Waals surface area (Å²) in [5, 5.41) is 4.75. The first-order valence-electron chi connectivity index (χ1n) is 6.06. The van der Waals surface area contributed by atoms with Gasteiger partial charge in [-0.1, -0.05) is 23.2 Å². The summed E-state index contributed by atoms with van der Waals surface area (Å²) in [6, 6.07) is 4.97. The summed E-state index contributed by atoms with van der Waals surface area (Å²) in [6.45, 7) is 0. The molecule has 0 spiro atoms. The molecule has 0 unspecified atom stereocenters. The Balaban J connectivity index is 2.15. The molecule has 0 aliphatic heterocycles. The minimum Gasteiger partial charge on any atom is -0.308 e. The van der Waals surface area contributed by atoms with Crippen molar-refractivity contribution in [2.45, 2.75) is 6.18 Å². The number of anilines is 2. The van der Waals surface area contributed by atoms with Crippen molar-refractivity contribution in [1.82, 2.24) is 0 Å². The highest BCUT2D eigenvalue weighted by Gasteiger charge is 2.31. The molecule has 0 bridgehead atoms. The third kappa shape index (κ3) is 4.49. The summed E-state index contributed by atoms with van der Waals surface area (Å²) >= 11 is 11.5. The van der Waals surface area contributed by atoms with Gasteiger partial charge in [0, 0.05) is 5.69 Å². The van der Waals surface area contributed by atoms with Crippen LogP contribution in [0.25, 0.3) is 0 Å². The van der Waals surface area contributed by atoms with Gasteiger partial charge in [0.15, 0.2) is 0 Å². The molecule has 0 heterocycles. The lowest BCUT2D eigenvalue weighted by Crippen LogP contribution is -2.20. The van der Waals surface area contributed by atoms with Crippen LogP contribution in [0.5, 0.6) is 0 Å². The summed E-state index contributed by atoms with van der Waals surface area (Å²) < 4.78 is 51.3. The van der Waals surface area contributed by atoms with E-state index in [1.165, 1.54) is 18.2 Å². The van der Waals surface area contributed by atoms with E-state index in [9.17, 15) is 22.4 Å². The van der Waals surface area contributed by atoms with Crippen LogP contribution < -0.4 is 10.6 Å². The number of urea groups is 1. The maximum Gasteiger partial charge on any atom is 0.416 e. The van der Waals surface area contributed by atoms with Crippen molar-refractivity contribution in [3.8, 4) is 0 Å². The van der Waals surface area contributed by atoms with E-state index in [0.717, 1.165) is 0 Å².